The molecular formula is C12H16N4O. The third kappa shape index (κ3) is 3.85. The molecular weight excluding hydrogens is 216 g/mol. The number of hydrogen-bond acceptors (Lipinski definition) is 4. The molecule has 17 heavy (non-hydrogen) atoms. The lowest BCUT2D eigenvalue weighted by atomic mass is 10.2. The Morgan fingerprint density at radius 2 is 2.35 bits per heavy atom. The van der Waals surface area contributed by atoms with Crippen LogP contribution < -0.4 is 5.32 Å². The fourth-order valence-corrected chi connectivity index (χ4v) is 1.38. The van der Waals surface area contributed by atoms with Gasteiger partial charge in [-0.3, -0.25) is 4.79 Å². The Balaban J connectivity index is 2.59. The Morgan fingerprint density at radius 3 is 2.88 bits per heavy atom. The lowest BCUT2D eigenvalue weighted by molar-refractivity contribution is 0.0788. The van der Waals surface area contributed by atoms with E-state index in [1.165, 1.54) is 6.20 Å². The SMILES string of the molecule is CNCCCN(C)C(=O)c1ccc(C#N)cn1. The summed E-state index contributed by atoms with van der Waals surface area (Å²) in [6.07, 6.45) is 2.31. The molecule has 1 heterocycles. The first-order valence-corrected chi connectivity index (χ1v) is 5.45. The van der Waals surface area contributed by atoms with Gasteiger partial charge in [-0.05, 0) is 32.1 Å². The normalized spacial score (nSPS) is 9.71. The molecule has 0 unspecified atom stereocenters. The standard InChI is InChI=1S/C12H16N4O/c1-14-6-3-7-16(2)12(17)11-5-4-10(8-13)9-15-11/h4-5,9,14H,3,6-7H2,1-2H3. The van der Waals surface area contributed by atoms with Crippen LogP contribution in [-0.2, 0) is 0 Å². The average Bonchev–Trinajstić information content (AvgIpc) is 2.38. The molecule has 1 amide bonds. The number of nitrogens with one attached hydrogen (secondary N) is 1. The van der Waals surface area contributed by atoms with Crippen molar-refractivity contribution in [3.05, 3.63) is 29.6 Å². The van der Waals surface area contributed by atoms with Crippen molar-refractivity contribution in [2.24, 2.45) is 0 Å². The minimum Gasteiger partial charge on any atom is -0.340 e. The van der Waals surface area contributed by atoms with Crippen molar-refractivity contribution < 1.29 is 4.79 Å². The molecule has 0 radical (unpaired) electrons. The maximum atomic E-state index is 11.9. The van der Waals surface area contributed by atoms with E-state index in [2.05, 4.69) is 10.3 Å². The predicted molar refractivity (Wildman–Crippen MR) is 64.5 cm³/mol. The second-order valence-corrected chi connectivity index (χ2v) is 3.73. The van der Waals surface area contributed by atoms with Crippen molar-refractivity contribution in [1.29, 1.82) is 5.26 Å². The van der Waals surface area contributed by atoms with Crippen LogP contribution in [0.5, 0.6) is 0 Å². The van der Waals surface area contributed by atoms with Gasteiger partial charge in [-0.15, -0.1) is 0 Å². The molecule has 0 aliphatic rings. The summed E-state index contributed by atoms with van der Waals surface area (Å²) in [6.45, 7) is 1.56. The summed E-state index contributed by atoms with van der Waals surface area (Å²) >= 11 is 0. The smallest absolute Gasteiger partial charge is 0.272 e. The van der Waals surface area contributed by atoms with Crippen LogP contribution in [0, 0.1) is 11.3 Å². The number of carbonyl (C=O) groups is 1. The van der Waals surface area contributed by atoms with Crippen LogP contribution >= 0.6 is 0 Å². The van der Waals surface area contributed by atoms with Crippen molar-refractivity contribution in [3.63, 3.8) is 0 Å². The average molecular weight is 232 g/mol. The molecule has 1 aromatic rings. The van der Waals surface area contributed by atoms with E-state index in [4.69, 9.17) is 5.26 Å². The highest BCUT2D eigenvalue weighted by atomic mass is 16.2. The number of pyridine rings is 1. The van der Waals surface area contributed by atoms with Gasteiger partial charge < -0.3 is 10.2 Å². The lowest BCUT2D eigenvalue weighted by Crippen LogP contribution is -2.30. The van der Waals surface area contributed by atoms with Gasteiger partial charge in [-0.2, -0.15) is 5.26 Å². The van der Waals surface area contributed by atoms with Crippen LogP contribution in [0.15, 0.2) is 18.3 Å². The number of nitriles is 1. The molecule has 1 aromatic heterocycles. The van der Waals surface area contributed by atoms with Crippen molar-refractivity contribution in [1.82, 2.24) is 15.2 Å². The molecule has 1 rings (SSSR count). The number of nitrogens with zero attached hydrogens (tertiary/aromatic N) is 3. The third-order valence-corrected chi connectivity index (χ3v) is 2.38. The van der Waals surface area contributed by atoms with Crippen LogP contribution in [0.2, 0.25) is 0 Å². The molecule has 5 heteroatoms. The summed E-state index contributed by atoms with van der Waals surface area (Å²) in [5, 5.41) is 11.7. The largest absolute Gasteiger partial charge is 0.340 e. The molecule has 0 saturated heterocycles. The molecule has 0 bridgehead atoms. The minimum atomic E-state index is -0.120. The van der Waals surface area contributed by atoms with Crippen LogP contribution in [0.3, 0.4) is 0 Å². The van der Waals surface area contributed by atoms with Gasteiger partial charge >= 0.3 is 0 Å². The van der Waals surface area contributed by atoms with E-state index in [1.807, 2.05) is 13.1 Å². The van der Waals surface area contributed by atoms with E-state index < -0.39 is 0 Å². The maximum absolute atomic E-state index is 11.9. The molecule has 0 aliphatic heterocycles. The first kappa shape index (κ1) is 13.1. The monoisotopic (exact) mass is 232 g/mol. The van der Waals surface area contributed by atoms with Crippen molar-refractivity contribution in [3.8, 4) is 6.07 Å². The fraction of sp³-hybridized carbons (Fsp3) is 0.417. The molecule has 90 valence electrons. The summed E-state index contributed by atoms with van der Waals surface area (Å²) in [6, 6.07) is 5.15. The Hall–Kier alpha value is -1.93. The summed E-state index contributed by atoms with van der Waals surface area (Å²) in [5.74, 6) is -0.120. The van der Waals surface area contributed by atoms with E-state index in [0.717, 1.165) is 13.0 Å². The zero-order valence-corrected chi connectivity index (χ0v) is 10.1. The van der Waals surface area contributed by atoms with Gasteiger partial charge in [0.25, 0.3) is 5.91 Å². The quantitative estimate of drug-likeness (QED) is 0.756. The highest BCUT2D eigenvalue weighted by Gasteiger charge is 2.12. The van der Waals surface area contributed by atoms with E-state index in [0.29, 0.717) is 17.8 Å². The van der Waals surface area contributed by atoms with Gasteiger partial charge in [0.15, 0.2) is 0 Å². The number of hydrogen-bond donors (Lipinski definition) is 1. The molecule has 0 atom stereocenters. The minimum absolute atomic E-state index is 0.120. The Labute approximate surface area is 101 Å². The second kappa shape index (κ2) is 6.61. The highest BCUT2D eigenvalue weighted by Crippen LogP contribution is 2.02. The number of carbonyl (C=O) groups excluding carboxylic acids is 1. The summed E-state index contributed by atoms with van der Waals surface area (Å²) in [7, 11) is 3.63. The van der Waals surface area contributed by atoms with Crippen molar-refractivity contribution in [2.75, 3.05) is 27.2 Å². The maximum Gasteiger partial charge on any atom is 0.272 e. The molecule has 0 aromatic carbocycles. The van der Waals surface area contributed by atoms with Crippen LogP contribution in [0.1, 0.15) is 22.5 Å². The highest BCUT2D eigenvalue weighted by molar-refractivity contribution is 5.92. The van der Waals surface area contributed by atoms with Gasteiger partial charge in [0.2, 0.25) is 0 Å². The first-order chi connectivity index (χ1) is 8.19. The summed E-state index contributed by atoms with van der Waals surface area (Å²) in [5.41, 5.74) is 0.829. The van der Waals surface area contributed by atoms with Crippen molar-refractivity contribution >= 4 is 5.91 Å². The molecule has 5 nitrogen and oxygen atoms in total. The van der Waals surface area contributed by atoms with E-state index in [-0.39, 0.29) is 5.91 Å². The number of amides is 1. The summed E-state index contributed by atoms with van der Waals surface area (Å²) in [4.78, 5) is 17.5. The topological polar surface area (TPSA) is 69.0 Å². The molecule has 0 fully saturated rings. The van der Waals surface area contributed by atoms with Gasteiger partial charge in [0, 0.05) is 19.8 Å². The Kier molecular flexibility index (Phi) is 5.11. The Morgan fingerprint density at radius 1 is 1.59 bits per heavy atom. The Bertz CT molecular complexity index is 408. The predicted octanol–water partition coefficient (Wildman–Crippen LogP) is 0.635. The number of rotatable bonds is 5. The molecule has 0 aliphatic carbocycles. The fourth-order valence-electron chi connectivity index (χ4n) is 1.38. The van der Waals surface area contributed by atoms with Gasteiger partial charge in [0.1, 0.15) is 11.8 Å². The summed E-state index contributed by atoms with van der Waals surface area (Å²) < 4.78 is 0. The van der Waals surface area contributed by atoms with Crippen LogP contribution in [0.4, 0.5) is 0 Å². The first-order valence-electron chi connectivity index (χ1n) is 5.45. The lowest BCUT2D eigenvalue weighted by Gasteiger charge is -2.16. The van der Waals surface area contributed by atoms with Gasteiger partial charge in [0.05, 0.1) is 5.56 Å². The van der Waals surface area contributed by atoms with Crippen LogP contribution in [0.25, 0.3) is 0 Å². The zero-order chi connectivity index (χ0) is 12.7. The van der Waals surface area contributed by atoms with Gasteiger partial charge in [-0.25, -0.2) is 4.98 Å². The third-order valence-electron chi connectivity index (χ3n) is 2.38. The van der Waals surface area contributed by atoms with E-state index >= 15 is 0 Å². The number of aromatic nitrogens is 1. The zero-order valence-electron chi connectivity index (χ0n) is 10.1. The van der Waals surface area contributed by atoms with Crippen molar-refractivity contribution in [2.45, 2.75) is 6.42 Å². The second-order valence-electron chi connectivity index (χ2n) is 3.73. The molecule has 1 N–H and O–H groups in total. The van der Waals surface area contributed by atoms with E-state index in [9.17, 15) is 4.79 Å². The molecule has 0 spiro atoms. The van der Waals surface area contributed by atoms with E-state index in [1.54, 1.807) is 24.1 Å². The van der Waals surface area contributed by atoms with Gasteiger partial charge in [-0.1, -0.05) is 0 Å². The molecule has 0 saturated carbocycles. The van der Waals surface area contributed by atoms with Crippen LogP contribution in [-0.4, -0.2) is 43.0 Å².